The smallest absolute Gasteiger partial charge is 0.240 e. The van der Waals surface area contributed by atoms with Crippen LogP contribution in [0.4, 0.5) is 5.69 Å². The Hall–Kier alpha value is -4.18. The van der Waals surface area contributed by atoms with Crippen LogP contribution >= 0.6 is 0 Å². The number of hydrogen-bond acceptors (Lipinski definition) is 3. The fourth-order valence-electron chi connectivity index (χ4n) is 5.00. The van der Waals surface area contributed by atoms with E-state index in [9.17, 15) is 0 Å². The number of ether oxygens (including phenoxy) is 1. The van der Waals surface area contributed by atoms with Gasteiger partial charge in [0.15, 0.2) is 0 Å². The van der Waals surface area contributed by atoms with Crippen LogP contribution in [0.3, 0.4) is 0 Å². The van der Waals surface area contributed by atoms with Crippen LogP contribution in [-0.4, -0.2) is 22.1 Å². The van der Waals surface area contributed by atoms with Gasteiger partial charge in [-0.3, -0.25) is 4.99 Å². The molecule has 0 bridgehead atoms. The number of aliphatic imine (C=N–C) groups is 1. The Kier molecular flexibility index (Phi) is 8.21. The highest BCUT2D eigenvalue weighted by Gasteiger charge is 2.35. The minimum Gasteiger partial charge on any atom is -0.476 e. The van der Waals surface area contributed by atoms with Gasteiger partial charge in [0, 0.05) is 11.6 Å². The standard InChI is InChI=1S/C35H37N3O/c1-4-5-6-15-24-39-34-29(26-38(37-34)30-20-11-8-12-21-30)19-14-13-16-27-22-23-32-31(25-27)35(2,3)33(36-32)28-17-9-7-10-18-28/h7-14,16-23,25-26H,4-6,15,24H2,1-3H3/b16-13+,19-14+. The lowest BCUT2D eigenvalue weighted by Gasteiger charge is -2.22. The zero-order valence-corrected chi connectivity index (χ0v) is 23.2. The molecule has 0 saturated heterocycles. The highest BCUT2D eigenvalue weighted by molar-refractivity contribution is 6.12. The molecule has 0 fully saturated rings. The molecule has 4 aromatic rings. The van der Waals surface area contributed by atoms with Crippen LogP contribution in [0, 0.1) is 0 Å². The average Bonchev–Trinajstić information content (AvgIpc) is 3.49. The van der Waals surface area contributed by atoms with Gasteiger partial charge in [0.2, 0.25) is 5.88 Å². The number of nitrogens with zero attached hydrogens (tertiary/aromatic N) is 3. The number of fused-ring (bicyclic) bond motifs is 1. The molecule has 0 spiro atoms. The van der Waals surface area contributed by atoms with Gasteiger partial charge < -0.3 is 4.74 Å². The number of para-hydroxylation sites is 1. The summed E-state index contributed by atoms with van der Waals surface area (Å²) in [5.41, 5.74) is 7.61. The zero-order chi connectivity index (χ0) is 27.1. The summed E-state index contributed by atoms with van der Waals surface area (Å²) in [6.07, 6.45) is 15.0. The summed E-state index contributed by atoms with van der Waals surface area (Å²) in [6.45, 7) is 7.41. The molecule has 2 heterocycles. The largest absolute Gasteiger partial charge is 0.476 e. The first-order chi connectivity index (χ1) is 19.1. The maximum atomic E-state index is 6.10. The average molecular weight is 516 g/mol. The molecule has 198 valence electrons. The number of unbranched alkanes of at least 4 members (excludes halogenated alkanes) is 3. The Morgan fingerprint density at radius 2 is 1.59 bits per heavy atom. The molecule has 3 aromatic carbocycles. The van der Waals surface area contributed by atoms with Gasteiger partial charge in [0.25, 0.3) is 0 Å². The third-order valence-corrected chi connectivity index (χ3v) is 7.21. The first-order valence-corrected chi connectivity index (χ1v) is 14.0. The van der Waals surface area contributed by atoms with Crippen molar-refractivity contribution >= 4 is 23.6 Å². The van der Waals surface area contributed by atoms with Crippen molar-refractivity contribution in [1.29, 1.82) is 0 Å². The van der Waals surface area contributed by atoms with E-state index in [1.54, 1.807) is 0 Å². The molecule has 1 aliphatic heterocycles. The molecule has 4 nitrogen and oxygen atoms in total. The minimum absolute atomic E-state index is 0.147. The second-order valence-electron chi connectivity index (χ2n) is 10.5. The van der Waals surface area contributed by atoms with E-state index in [2.05, 4.69) is 87.5 Å². The Morgan fingerprint density at radius 3 is 2.36 bits per heavy atom. The molecular formula is C35H37N3O. The lowest BCUT2D eigenvalue weighted by atomic mass is 9.78. The first kappa shape index (κ1) is 26.4. The molecule has 0 N–H and O–H groups in total. The number of allylic oxidation sites excluding steroid dienone is 2. The Bertz CT molecular complexity index is 1480. The van der Waals surface area contributed by atoms with E-state index in [4.69, 9.17) is 14.8 Å². The Balaban J connectivity index is 1.31. The van der Waals surface area contributed by atoms with Gasteiger partial charge in [-0.1, -0.05) is 113 Å². The summed E-state index contributed by atoms with van der Waals surface area (Å²) in [4.78, 5) is 4.99. The van der Waals surface area contributed by atoms with Crippen LogP contribution in [0.25, 0.3) is 17.8 Å². The zero-order valence-electron chi connectivity index (χ0n) is 23.2. The van der Waals surface area contributed by atoms with Crippen LogP contribution in [-0.2, 0) is 5.41 Å². The number of aromatic nitrogens is 2. The molecule has 1 aromatic heterocycles. The maximum absolute atomic E-state index is 6.10. The summed E-state index contributed by atoms with van der Waals surface area (Å²) in [5.74, 6) is 0.671. The SMILES string of the molecule is CCCCCCOc1nn(-c2ccccc2)cc1/C=C/C=C/c1ccc2c(c1)C(C)(C)C(c1ccccc1)=N2. The van der Waals surface area contributed by atoms with Crippen molar-refractivity contribution in [2.45, 2.75) is 51.9 Å². The molecule has 1 aliphatic rings. The van der Waals surface area contributed by atoms with E-state index in [0.29, 0.717) is 12.5 Å². The fourth-order valence-corrected chi connectivity index (χ4v) is 5.00. The lowest BCUT2D eigenvalue weighted by Crippen LogP contribution is -2.26. The van der Waals surface area contributed by atoms with E-state index >= 15 is 0 Å². The second-order valence-corrected chi connectivity index (χ2v) is 10.5. The topological polar surface area (TPSA) is 39.4 Å². The molecule has 4 heteroatoms. The van der Waals surface area contributed by atoms with Crippen LogP contribution in [0.2, 0.25) is 0 Å². The number of benzene rings is 3. The Morgan fingerprint density at radius 1 is 0.846 bits per heavy atom. The minimum atomic E-state index is -0.147. The van der Waals surface area contributed by atoms with Crippen LogP contribution in [0.1, 0.15) is 68.7 Å². The van der Waals surface area contributed by atoms with Crippen molar-refractivity contribution in [1.82, 2.24) is 9.78 Å². The normalized spacial score (nSPS) is 14.2. The molecule has 0 atom stereocenters. The van der Waals surface area contributed by atoms with E-state index in [0.717, 1.165) is 34.6 Å². The predicted molar refractivity (Wildman–Crippen MR) is 163 cm³/mol. The predicted octanol–water partition coefficient (Wildman–Crippen LogP) is 8.97. The van der Waals surface area contributed by atoms with Crippen molar-refractivity contribution in [2.24, 2.45) is 4.99 Å². The third-order valence-electron chi connectivity index (χ3n) is 7.21. The molecule has 0 radical (unpaired) electrons. The van der Waals surface area contributed by atoms with Crippen molar-refractivity contribution < 1.29 is 4.74 Å². The monoisotopic (exact) mass is 515 g/mol. The molecule has 0 saturated carbocycles. The summed E-state index contributed by atoms with van der Waals surface area (Å²) < 4.78 is 7.99. The van der Waals surface area contributed by atoms with Crippen LogP contribution < -0.4 is 4.74 Å². The first-order valence-electron chi connectivity index (χ1n) is 14.0. The van der Waals surface area contributed by atoms with E-state index in [-0.39, 0.29) is 5.41 Å². The number of hydrogen-bond donors (Lipinski definition) is 0. The van der Waals surface area contributed by atoms with Gasteiger partial charge in [-0.15, -0.1) is 5.10 Å². The maximum Gasteiger partial charge on any atom is 0.240 e. The summed E-state index contributed by atoms with van der Waals surface area (Å²) >= 11 is 0. The van der Waals surface area contributed by atoms with Gasteiger partial charge in [-0.25, -0.2) is 4.68 Å². The van der Waals surface area contributed by atoms with E-state index < -0.39 is 0 Å². The third kappa shape index (κ3) is 6.12. The van der Waals surface area contributed by atoms with Gasteiger partial charge >= 0.3 is 0 Å². The lowest BCUT2D eigenvalue weighted by molar-refractivity contribution is 0.291. The van der Waals surface area contributed by atoms with Crippen LogP contribution in [0.5, 0.6) is 5.88 Å². The molecule has 0 aliphatic carbocycles. The molecule has 5 rings (SSSR count). The van der Waals surface area contributed by atoms with Crippen molar-refractivity contribution in [3.8, 4) is 11.6 Å². The summed E-state index contributed by atoms with van der Waals surface area (Å²) in [5, 5.41) is 4.73. The van der Waals surface area contributed by atoms with Crippen molar-refractivity contribution in [3.05, 3.63) is 119 Å². The Labute approximate surface area is 232 Å². The fraction of sp³-hybridized carbons (Fsp3) is 0.257. The van der Waals surface area contributed by atoms with Gasteiger partial charge in [-0.2, -0.15) is 0 Å². The highest BCUT2D eigenvalue weighted by Crippen LogP contribution is 2.42. The summed E-state index contributed by atoms with van der Waals surface area (Å²) in [6, 6.07) is 27.1. The van der Waals surface area contributed by atoms with Crippen molar-refractivity contribution in [3.63, 3.8) is 0 Å². The van der Waals surface area contributed by atoms with E-state index in [1.165, 1.54) is 30.4 Å². The van der Waals surface area contributed by atoms with Gasteiger partial charge in [0.05, 0.1) is 29.3 Å². The number of rotatable bonds is 11. The van der Waals surface area contributed by atoms with Gasteiger partial charge in [0.1, 0.15) is 0 Å². The molecular weight excluding hydrogens is 478 g/mol. The van der Waals surface area contributed by atoms with E-state index in [1.807, 2.05) is 47.3 Å². The summed E-state index contributed by atoms with van der Waals surface area (Å²) in [7, 11) is 0. The molecule has 0 unspecified atom stereocenters. The molecule has 39 heavy (non-hydrogen) atoms. The highest BCUT2D eigenvalue weighted by atomic mass is 16.5. The second kappa shape index (κ2) is 12.1. The van der Waals surface area contributed by atoms with Gasteiger partial charge in [-0.05, 0) is 53.5 Å². The van der Waals surface area contributed by atoms with Crippen LogP contribution in [0.15, 0.2) is 102 Å². The molecule has 0 amide bonds. The van der Waals surface area contributed by atoms with Crippen molar-refractivity contribution in [2.75, 3.05) is 6.61 Å². The quantitative estimate of drug-likeness (QED) is 0.148.